The van der Waals surface area contributed by atoms with E-state index in [-0.39, 0.29) is 16.6 Å². The molecule has 1 radical (unpaired) electrons. The second-order valence-electron chi connectivity index (χ2n) is 2.73. The van der Waals surface area contributed by atoms with Crippen LogP contribution >= 0.6 is 11.6 Å². The minimum absolute atomic E-state index is 0.0188. The lowest BCUT2D eigenvalue weighted by molar-refractivity contribution is 0.585. The second kappa shape index (κ2) is 3.88. The van der Waals surface area contributed by atoms with Crippen LogP contribution in [-0.2, 0) is 17.1 Å². The normalized spacial score (nSPS) is 12.0. The van der Waals surface area contributed by atoms with Crippen LogP contribution in [0.15, 0.2) is 4.90 Å². The summed E-state index contributed by atoms with van der Waals surface area (Å²) in [5.41, 5.74) is 0.374. The molecule has 0 fully saturated rings. The number of rotatable bonds is 3. The molecule has 79 valence electrons. The van der Waals surface area contributed by atoms with E-state index in [1.807, 2.05) is 0 Å². The number of aryl methyl sites for hydroxylation is 2. The predicted octanol–water partition coefficient (Wildman–Crippen LogP) is 0.494. The van der Waals surface area contributed by atoms with Crippen LogP contribution < -0.4 is 4.72 Å². The topological polar surface area (TPSA) is 64.0 Å². The third-order valence-corrected chi connectivity index (χ3v) is 3.82. The van der Waals surface area contributed by atoms with Gasteiger partial charge < -0.3 is 0 Å². The van der Waals surface area contributed by atoms with Crippen LogP contribution in [0.5, 0.6) is 0 Å². The maximum absolute atomic E-state index is 11.6. The van der Waals surface area contributed by atoms with E-state index in [1.54, 1.807) is 14.0 Å². The van der Waals surface area contributed by atoms with Crippen LogP contribution in [0.4, 0.5) is 0 Å². The van der Waals surface area contributed by atoms with Gasteiger partial charge in [-0.3, -0.25) is 4.68 Å². The van der Waals surface area contributed by atoms with Gasteiger partial charge in [0, 0.05) is 13.6 Å². The molecule has 0 saturated carbocycles. The molecule has 0 aromatic carbocycles. The van der Waals surface area contributed by atoms with Crippen molar-refractivity contribution in [2.75, 3.05) is 6.54 Å². The minimum Gasteiger partial charge on any atom is -0.255 e. The molecule has 5 nitrogen and oxygen atoms in total. The van der Waals surface area contributed by atoms with Gasteiger partial charge in [0.2, 0.25) is 10.0 Å². The first-order valence-corrected chi connectivity index (χ1v) is 5.74. The molecule has 7 heteroatoms. The number of hydrogen-bond acceptors (Lipinski definition) is 3. The van der Waals surface area contributed by atoms with E-state index in [9.17, 15) is 8.42 Å². The highest BCUT2D eigenvalue weighted by Gasteiger charge is 2.23. The molecule has 0 aliphatic carbocycles. The van der Waals surface area contributed by atoms with Gasteiger partial charge in [-0.1, -0.05) is 11.6 Å². The summed E-state index contributed by atoms with van der Waals surface area (Å²) in [4.78, 5) is 0.0188. The van der Waals surface area contributed by atoms with E-state index in [0.29, 0.717) is 5.69 Å². The van der Waals surface area contributed by atoms with E-state index in [0.717, 1.165) is 0 Å². The Labute approximate surface area is 88.1 Å². The van der Waals surface area contributed by atoms with Crippen molar-refractivity contribution in [2.24, 2.45) is 7.05 Å². The standard InChI is InChI=1S/C7H11ClN3O2S/c1-4-9-14(12,13)6-5(2)10-11(3)7(6)8/h9H,1,4H2,2-3H3. The first kappa shape index (κ1) is 11.5. The largest absolute Gasteiger partial charge is 0.255 e. The number of sulfonamides is 1. The lowest BCUT2D eigenvalue weighted by atomic mass is 10.5. The molecule has 0 unspecified atom stereocenters. The quantitative estimate of drug-likeness (QED) is 0.831. The Balaban J connectivity index is 3.32. The summed E-state index contributed by atoms with van der Waals surface area (Å²) in [6.07, 6.45) is 0. The zero-order valence-corrected chi connectivity index (χ0v) is 9.48. The van der Waals surface area contributed by atoms with E-state index in [4.69, 9.17) is 11.6 Å². The van der Waals surface area contributed by atoms with Crippen LogP contribution in [0, 0.1) is 13.8 Å². The molecule has 1 heterocycles. The smallest absolute Gasteiger partial charge is 0.245 e. The Morgan fingerprint density at radius 1 is 1.64 bits per heavy atom. The van der Waals surface area contributed by atoms with Gasteiger partial charge in [0.15, 0.2) is 0 Å². The lowest BCUT2D eigenvalue weighted by Crippen LogP contribution is -2.23. The monoisotopic (exact) mass is 236 g/mol. The van der Waals surface area contributed by atoms with E-state index in [2.05, 4.69) is 16.7 Å². The Morgan fingerprint density at radius 2 is 2.21 bits per heavy atom. The lowest BCUT2D eigenvalue weighted by Gasteiger charge is -2.02. The fraction of sp³-hybridized carbons (Fsp3) is 0.429. The molecule has 1 rings (SSSR count). The summed E-state index contributed by atoms with van der Waals surface area (Å²) in [6, 6.07) is 0. The van der Waals surface area contributed by atoms with Crippen molar-refractivity contribution < 1.29 is 8.42 Å². The summed E-state index contributed by atoms with van der Waals surface area (Å²) < 4.78 is 26.8. The maximum Gasteiger partial charge on any atom is 0.245 e. The van der Waals surface area contributed by atoms with Crippen molar-refractivity contribution in [1.82, 2.24) is 14.5 Å². The molecule has 0 aliphatic heterocycles. The average Bonchev–Trinajstić information content (AvgIpc) is 2.26. The summed E-state index contributed by atoms with van der Waals surface area (Å²) in [5.74, 6) is 0. The first-order chi connectivity index (χ1) is 6.40. The summed E-state index contributed by atoms with van der Waals surface area (Å²) in [5, 5.41) is 4.00. The van der Waals surface area contributed by atoms with Crippen molar-refractivity contribution in [2.45, 2.75) is 11.8 Å². The number of aromatic nitrogens is 2. The van der Waals surface area contributed by atoms with Crippen molar-refractivity contribution >= 4 is 21.6 Å². The van der Waals surface area contributed by atoms with Crippen LogP contribution in [0.2, 0.25) is 5.15 Å². The third kappa shape index (κ3) is 1.92. The molecular weight excluding hydrogens is 226 g/mol. The second-order valence-corrected chi connectivity index (χ2v) is 4.79. The molecule has 14 heavy (non-hydrogen) atoms. The van der Waals surface area contributed by atoms with Gasteiger partial charge in [-0.05, 0) is 13.8 Å². The summed E-state index contributed by atoms with van der Waals surface area (Å²) >= 11 is 5.80. The maximum atomic E-state index is 11.6. The first-order valence-electron chi connectivity index (χ1n) is 3.88. The molecule has 0 aliphatic rings. The highest BCUT2D eigenvalue weighted by atomic mass is 35.5. The van der Waals surface area contributed by atoms with Gasteiger partial charge in [-0.25, -0.2) is 13.1 Å². The minimum atomic E-state index is -3.58. The van der Waals surface area contributed by atoms with Gasteiger partial charge >= 0.3 is 0 Å². The highest BCUT2D eigenvalue weighted by Crippen LogP contribution is 2.23. The van der Waals surface area contributed by atoms with Crippen LogP contribution in [0.25, 0.3) is 0 Å². The van der Waals surface area contributed by atoms with Gasteiger partial charge in [0.1, 0.15) is 10.0 Å². The Bertz CT molecular complexity index is 438. The van der Waals surface area contributed by atoms with E-state index >= 15 is 0 Å². The van der Waals surface area contributed by atoms with Crippen molar-refractivity contribution in [1.29, 1.82) is 0 Å². The Kier molecular flexibility index (Phi) is 3.18. The third-order valence-electron chi connectivity index (χ3n) is 1.66. The summed E-state index contributed by atoms with van der Waals surface area (Å²) in [6.45, 7) is 5.07. The average molecular weight is 237 g/mol. The van der Waals surface area contributed by atoms with E-state index < -0.39 is 10.0 Å². The van der Waals surface area contributed by atoms with Gasteiger partial charge in [-0.2, -0.15) is 5.10 Å². The molecule has 0 atom stereocenters. The van der Waals surface area contributed by atoms with Gasteiger partial charge in [-0.15, -0.1) is 0 Å². The molecule has 1 N–H and O–H groups in total. The molecule has 0 bridgehead atoms. The van der Waals surface area contributed by atoms with Gasteiger partial charge in [0.05, 0.1) is 5.69 Å². The zero-order chi connectivity index (χ0) is 10.9. The number of halogens is 1. The number of nitrogens with zero attached hydrogens (tertiary/aromatic N) is 2. The molecule has 0 amide bonds. The van der Waals surface area contributed by atoms with Gasteiger partial charge in [0.25, 0.3) is 0 Å². The highest BCUT2D eigenvalue weighted by molar-refractivity contribution is 7.89. The molecule has 0 saturated heterocycles. The van der Waals surface area contributed by atoms with Crippen molar-refractivity contribution in [3.05, 3.63) is 17.8 Å². The van der Waals surface area contributed by atoms with Crippen molar-refractivity contribution in [3.63, 3.8) is 0 Å². The zero-order valence-electron chi connectivity index (χ0n) is 7.91. The van der Waals surface area contributed by atoms with Crippen LogP contribution in [0.1, 0.15) is 5.69 Å². The molecule has 1 aromatic heterocycles. The fourth-order valence-electron chi connectivity index (χ4n) is 1.12. The van der Waals surface area contributed by atoms with E-state index in [1.165, 1.54) is 4.68 Å². The molecular formula is C7H11ClN3O2S. The van der Waals surface area contributed by atoms with Crippen molar-refractivity contribution in [3.8, 4) is 0 Å². The number of hydrogen-bond donors (Lipinski definition) is 1. The fourth-order valence-corrected chi connectivity index (χ4v) is 2.80. The molecule has 0 spiro atoms. The SMILES string of the molecule is [CH2]CNS(=O)(=O)c1c(C)nn(C)c1Cl. The molecule has 1 aromatic rings. The predicted molar refractivity (Wildman–Crippen MR) is 53.5 cm³/mol. The van der Waals surface area contributed by atoms with Crippen LogP contribution in [-0.4, -0.2) is 24.7 Å². The Hall–Kier alpha value is -0.590. The summed E-state index contributed by atoms with van der Waals surface area (Å²) in [7, 11) is -2.00. The number of nitrogens with one attached hydrogen (secondary N) is 1. The van der Waals surface area contributed by atoms with Crippen LogP contribution in [0.3, 0.4) is 0 Å². The Morgan fingerprint density at radius 3 is 2.57 bits per heavy atom.